The van der Waals surface area contributed by atoms with Gasteiger partial charge in [0.15, 0.2) is 0 Å². The molecule has 1 atom stereocenters. The van der Waals surface area contributed by atoms with Gasteiger partial charge in [-0.3, -0.25) is 13.9 Å². The number of hydrogen-bond acceptors (Lipinski definition) is 5. The average Bonchev–Trinajstić information content (AvgIpc) is 2.94. The molecule has 3 rings (SSSR count). The number of sulfonamides is 1. The topological polar surface area (TPSA) is 96.0 Å². The summed E-state index contributed by atoms with van der Waals surface area (Å²) in [4.78, 5) is 28.7. The molecule has 226 valence electrons. The molecule has 2 amide bonds. The van der Waals surface area contributed by atoms with Crippen LogP contribution in [-0.2, 0) is 26.2 Å². The van der Waals surface area contributed by atoms with E-state index in [1.54, 1.807) is 55.5 Å². The number of rotatable bonds is 12. The molecule has 11 heteroatoms. The number of carbonyl (C=O) groups excluding carboxylic acids is 2. The minimum atomic E-state index is -4.25. The molecule has 0 saturated heterocycles. The van der Waals surface area contributed by atoms with Crippen molar-refractivity contribution in [3.05, 3.63) is 87.4 Å². The Kier molecular flexibility index (Phi) is 11.3. The molecule has 0 bridgehead atoms. The Labute approximate surface area is 258 Å². The van der Waals surface area contributed by atoms with Crippen LogP contribution in [0.5, 0.6) is 5.75 Å². The molecule has 0 unspecified atom stereocenters. The normalized spacial score (nSPS) is 12.1. The molecule has 0 fully saturated rings. The van der Waals surface area contributed by atoms with Crippen LogP contribution in [0.15, 0.2) is 65.6 Å². The van der Waals surface area contributed by atoms with Gasteiger partial charge in [-0.1, -0.05) is 66.9 Å². The van der Waals surface area contributed by atoms with Crippen molar-refractivity contribution in [2.24, 2.45) is 5.92 Å². The zero-order chi connectivity index (χ0) is 31.2. The van der Waals surface area contributed by atoms with Crippen LogP contribution in [0.1, 0.15) is 37.5 Å². The summed E-state index contributed by atoms with van der Waals surface area (Å²) in [5, 5.41) is 3.49. The zero-order valence-electron chi connectivity index (χ0n) is 24.6. The van der Waals surface area contributed by atoms with E-state index >= 15 is 0 Å². The quantitative estimate of drug-likeness (QED) is 0.264. The SMILES string of the molecule is COc1ccc(C)cc1N(CC(=O)N(Cc1c(Cl)cccc1Cl)[C@H](C)C(=O)NCC(C)C)S(=O)(=O)c1ccc(C)cc1. The first-order chi connectivity index (χ1) is 19.8. The van der Waals surface area contributed by atoms with Gasteiger partial charge in [0.25, 0.3) is 10.0 Å². The Morgan fingerprint density at radius 1 is 0.929 bits per heavy atom. The maximum Gasteiger partial charge on any atom is 0.264 e. The fourth-order valence-electron chi connectivity index (χ4n) is 4.23. The first-order valence-electron chi connectivity index (χ1n) is 13.5. The van der Waals surface area contributed by atoms with Gasteiger partial charge >= 0.3 is 0 Å². The number of benzene rings is 3. The van der Waals surface area contributed by atoms with Gasteiger partial charge in [-0.2, -0.15) is 0 Å². The number of ether oxygens (including phenoxy) is 1. The van der Waals surface area contributed by atoms with Gasteiger partial charge in [-0.15, -0.1) is 0 Å². The standard InChI is InChI=1S/C31H37Cl2N3O5S/c1-20(2)17-34-31(38)23(5)35(18-25-26(32)8-7-9-27(25)33)30(37)19-36(28-16-22(4)12-15-29(28)41-6)42(39,40)24-13-10-21(3)11-14-24/h7-16,20,23H,17-19H2,1-6H3,(H,34,38)/t23-/m1/s1. The summed E-state index contributed by atoms with van der Waals surface area (Å²) in [6, 6.07) is 15.4. The lowest BCUT2D eigenvalue weighted by atomic mass is 10.1. The monoisotopic (exact) mass is 633 g/mol. The van der Waals surface area contributed by atoms with E-state index in [0.717, 1.165) is 15.4 Å². The van der Waals surface area contributed by atoms with Crippen molar-refractivity contribution in [1.82, 2.24) is 10.2 Å². The predicted molar refractivity (Wildman–Crippen MR) is 168 cm³/mol. The lowest BCUT2D eigenvalue weighted by Crippen LogP contribution is -2.51. The fourth-order valence-corrected chi connectivity index (χ4v) is 6.17. The third kappa shape index (κ3) is 7.96. The van der Waals surface area contributed by atoms with Crippen LogP contribution in [0, 0.1) is 19.8 Å². The number of nitrogens with one attached hydrogen (secondary N) is 1. The molecule has 0 aromatic heterocycles. The van der Waals surface area contributed by atoms with Gasteiger partial charge in [0.1, 0.15) is 18.3 Å². The molecule has 0 radical (unpaired) electrons. The van der Waals surface area contributed by atoms with Gasteiger partial charge in [0.05, 0.1) is 17.7 Å². The van der Waals surface area contributed by atoms with Crippen LogP contribution in [-0.4, -0.2) is 51.4 Å². The van der Waals surface area contributed by atoms with Crippen LogP contribution < -0.4 is 14.4 Å². The second-order valence-corrected chi connectivity index (χ2v) is 13.2. The Morgan fingerprint density at radius 3 is 2.10 bits per heavy atom. The van der Waals surface area contributed by atoms with Gasteiger partial charge in [-0.05, 0) is 68.7 Å². The van der Waals surface area contributed by atoms with Gasteiger partial charge in [0.2, 0.25) is 11.8 Å². The number of nitrogens with zero attached hydrogens (tertiary/aromatic N) is 2. The van der Waals surface area contributed by atoms with Crippen molar-refractivity contribution in [3.63, 3.8) is 0 Å². The molecule has 0 spiro atoms. The van der Waals surface area contributed by atoms with Gasteiger partial charge in [0, 0.05) is 28.7 Å². The molecule has 1 N–H and O–H groups in total. The number of hydrogen-bond donors (Lipinski definition) is 1. The fraction of sp³-hybridized carbons (Fsp3) is 0.355. The van der Waals surface area contributed by atoms with Crippen LogP contribution in [0.2, 0.25) is 10.0 Å². The van der Waals surface area contributed by atoms with E-state index in [0.29, 0.717) is 22.2 Å². The second-order valence-electron chi connectivity index (χ2n) is 10.5. The van der Waals surface area contributed by atoms with Crippen LogP contribution in [0.4, 0.5) is 5.69 Å². The molecule has 3 aromatic carbocycles. The molecule has 3 aromatic rings. The number of halogens is 2. The molecule has 0 aliphatic rings. The van der Waals surface area contributed by atoms with E-state index in [-0.39, 0.29) is 34.7 Å². The van der Waals surface area contributed by atoms with Crippen LogP contribution in [0.25, 0.3) is 0 Å². The lowest BCUT2D eigenvalue weighted by molar-refractivity contribution is -0.139. The minimum Gasteiger partial charge on any atom is -0.495 e. The Bertz CT molecular complexity index is 1510. The van der Waals surface area contributed by atoms with E-state index in [4.69, 9.17) is 27.9 Å². The molecule has 0 saturated carbocycles. The Hall–Kier alpha value is -3.27. The summed E-state index contributed by atoms with van der Waals surface area (Å²) < 4.78 is 34.7. The highest BCUT2D eigenvalue weighted by Crippen LogP contribution is 2.34. The molecule has 8 nitrogen and oxygen atoms in total. The summed E-state index contributed by atoms with van der Waals surface area (Å²) >= 11 is 12.9. The largest absolute Gasteiger partial charge is 0.495 e. The number of aryl methyl sites for hydroxylation is 2. The number of methoxy groups -OCH3 is 1. The maximum atomic E-state index is 14.2. The van der Waals surface area contributed by atoms with Gasteiger partial charge < -0.3 is 15.0 Å². The Balaban J connectivity index is 2.12. The average molecular weight is 635 g/mol. The van der Waals surface area contributed by atoms with E-state index in [9.17, 15) is 18.0 Å². The summed E-state index contributed by atoms with van der Waals surface area (Å²) in [5.41, 5.74) is 2.29. The van der Waals surface area contributed by atoms with Crippen molar-refractivity contribution in [2.45, 2.75) is 52.1 Å². The third-order valence-corrected chi connectivity index (χ3v) is 9.22. The predicted octanol–water partition coefficient (Wildman–Crippen LogP) is 6.00. The minimum absolute atomic E-state index is 0.00730. The summed E-state index contributed by atoms with van der Waals surface area (Å²) in [5.74, 6) is -0.557. The number of amides is 2. The summed E-state index contributed by atoms with van der Waals surface area (Å²) in [7, 11) is -2.82. The first kappa shape index (κ1) is 33.2. The zero-order valence-corrected chi connectivity index (χ0v) is 27.0. The van der Waals surface area contributed by atoms with Crippen molar-refractivity contribution >= 4 is 50.7 Å². The number of carbonyl (C=O) groups is 2. The van der Waals surface area contributed by atoms with Crippen molar-refractivity contribution in [1.29, 1.82) is 0 Å². The van der Waals surface area contributed by atoms with Crippen LogP contribution in [0.3, 0.4) is 0 Å². The Morgan fingerprint density at radius 2 is 1.52 bits per heavy atom. The van der Waals surface area contributed by atoms with Gasteiger partial charge in [-0.25, -0.2) is 8.42 Å². The van der Waals surface area contributed by atoms with E-state index in [1.807, 2.05) is 27.7 Å². The summed E-state index contributed by atoms with van der Waals surface area (Å²) in [6.45, 7) is 8.85. The molecular formula is C31H37Cl2N3O5S. The summed E-state index contributed by atoms with van der Waals surface area (Å²) in [6.07, 6.45) is 0. The third-order valence-electron chi connectivity index (χ3n) is 6.73. The van der Waals surface area contributed by atoms with E-state index in [1.165, 1.54) is 24.1 Å². The highest BCUT2D eigenvalue weighted by Gasteiger charge is 2.34. The molecule has 0 aliphatic carbocycles. The second kappa shape index (κ2) is 14.3. The molecular weight excluding hydrogens is 597 g/mol. The lowest BCUT2D eigenvalue weighted by Gasteiger charge is -2.33. The first-order valence-corrected chi connectivity index (χ1v) is 15.7. The molecule has 0 aliphatic heterocycles. The van der Waals surface area contributed by atoms with Crippen molar-refractivity contribution in [2.75, 3.05) is 24.5 Å². The maximum absolute atomic E-state index is 14.2. The highest BCUT2D eigenvalue weighted by molar-refractivity contribution is 7.92. The smallest absolute Gasteiger partial charge is 0.264 e. The van der Waals surface area contributed by atoms with E-state index < -0.39 is 28.5 Å². The molecule has 42 heavy (non-hydrogen) atoms. The van der Waals surface area contributed by atoms with Crippen LogP contribution >= 0.6 is 23.2 Å². The number of anilines is 1. The molecule has 0 heterocycles. The van der Waals surface area contributed by atoms with E-state index in [2.05, 4.69) is 5.32 Å². The van der Waals surface area contributed by atoms with Crippen molar-refractivity contribution in [3.8, 4) is 5.75 Å². The highest BCUT2D eigenvalue weighted by atomic mass is 35.5. The van der Waals surface area contributed by atoms with Crippen molar-refractivity contribution < 1.29 is 22.7 Å².